The van der Waals surface area contributed by atoms with Crippen LogP contribution in [-0.4, -0.2) is 9.97 Å². The van der Waals surface area contributed by atoms with E-state index in [1.807, 2.05) is 17.5 Å². The molecule has 0 saturated heterocycles. The number of anilines is 1. The Morgan fingerprint density at radius 1 is 1.38 bits per heavy atom. The van der Waals surface area contributed by atoms with E-state index in [2.05, 4.69) is 29.1 Å². The first-order chi connectivity index (χ1) is 7.58. The van der Waals surface area contributed by atoms with Crippen molar-refractivity contribution in [1.29, 1.82) is 0 Å². The van der Waals surface area contributed by atoms with Gasteiger partial charge in [-0.2, -0.15) is 0 Å². The molecule has 2 rings (SSSR count). The smallest absolute Gasteiger partial charge is 0.131 e. The minimum absolute atomic E-state index is 0.244. The number of nitrogens with one attached hydrogen (secondary N) is 1. The van der Waals surface area contributed by atoms with Gasteiger partial charge >= 0.3 is 0 Å². The molecule has 5 heteroatoms. The predicted octanol–water partition coefficient (Wildman–Crippen LogP) is 3.54. The van der Waals surface area contributed by atoms with Gasteiger partial charge < -0.3 is 5.32 Å². The number of aromatic nitrogens is 2. The van der Waals surface area contributed by atoms with Crippen molar-refractivity contribution in [1.82, 2.24) is 9.97 Å². The van der Waals surface area contributed by atoms with E-state index in [9.17, 15) is 0 Å². The molecule has 3 nitrogen and oxygen atoms in total. The Hall–Kier alpha value is -1.13. The number of hydrogen-bond acceptors (Lipinski definition) is 4. The summed E-state index contributed by atoms with van der Waals surface area (Å²) in [4.78, 5) is 8.50. The average molecular weight is 254 g/mol. The molecule has 0 amide bonds. The van der Waals surface area contributed by atoms with Crippen molar-refractivity contribution in [3.05, 3.63) is 39.9 Å². The van der Waals surface area contributed by atoms with Crippen LogP contribution in [0.15, 0.2) is 29.8 Å². The van der Waals surface area contributed by atoms with Gasteiger partial charge in [0, 0.05) is 11.6 Å². The fourth-order valence-electron chi connectivity index (χ4n) is 1.38. The van der Waals surface area contributed by atoms with E-state index >= 15 is 0 Å². The van der Waals surface area contributed by atoms with E-state index < -0.39 is 0 Å². The highest BCUT2D eigenvalue weighted by Crippen LogP contribution is 2.26. The summed E-state index contributed by atoms with van der Waals surface area (Å²) in [6.45, 7) is 4.13. The van der Waals surface area contributed by atoms with E-state index in [1.165, 1.54) is 0 Å². The molecule has 2 aromatic heterocycles. The zero-order valence-electron chi connectivity index (χ0n) is 9.07. The van der Waals surface area contributed by atoms with Crippen molar-refractivity contribution in [2.24, 2.45) is 0 Å². The maximum Gasteiger partial charge on any atom is 0.131 e. The van der Waals surface area contributed by atoms with Gasteiger partial charge in [0.25, 0.3) is 0 Å². The summed E-state index contributed by atoms with van der Waals surface area (Å²) in [5.41, 5.74) is -0.244. The highest BCUT2D eigenvalue weighted by Gasteiger charge is 2.23. The summed E-state index contributed by atoms with van der Waals surface area (Å²) in [6.07, 6.45) is 1.80. The number of pyridine rings is 1. The van der Waals surface area contributed by atoms with Gasteiger partial charge in [-0.1, -0.05) is 17.7 Å². The molecule has 0 aliphatic carbocycles. The summed E-state index contributed by atoms with van der Waals surface area (Å²) in [5.74, 6) is 0.757. The van der Waals surface area contributed by atoms with E-state index in [0.717, 1.165) is 10.8 Å². The number of thiazole rings is 1. The Morgan fingerprint density at radius 3 is 2.81 bits per heavy atom. The standard InChI is InChI=1S/C11H12ClN3S/c1-11(2,10-13-6-7-16-10)15-9-5-3-4-8(12)14-9/h3-7H,1-2H3,(H,14,15). The molecule has 0 bridgehead atoms. The van der Waals surface area contributed by atoms with Crippen LogP contribution in [0.4, 0.5) is 5.82 Å². The molecule has 1 N–H and O–H groups in total. The summed E-state index contributed by atoms with van der Waals surface area (Å²) >= 11 is 7.45. The molecule has 0 saturated carbocycles. The van der Waals surface area contributed by atoms with Crippen LogP contribution in [0.5, 0.6) is 0 Å². The molecule has 84 valence electrons. The van der Waals surface area contributed by atoms with E-state index in [4.69, 9.17) is 11.6 Å². The lowest BCUT2D eigenvalue weighted by atomic mass is 10.1. The fourth-order valence-corrected chi connectivity index (χ4v) is 2.27. The lowest BCUT2D eigenvalue weighted by Gasteiger charge is -2.24. The zero-order chi connectivity index (χ0) is 11.6. The monoisotopic (exact) mass is 253 g/mol. The Balaban J connectivity index is 2.21. The van der Waals surface area contributed by atoms with Gasteiger partial charge in [-0.15, -0.1) is 11.3 Å². The Kier molecular flexibility index (Phi) is 3.12. The van der Waals surface area contributed by atoms with Gasteiger partial charge in [-0.3, -0.25) is 0 Å². The summed E-state index contributed by atoms with van der Waals surface area (Å²) in [6, 6.07) is 5.51. The molecule has 2 heterocycles. The third kappa shape index (κ3) is 2.51. The number of halogens is 1. The van der Waals surface area contributed by atoms with Gasteiger partial charge in [0.05, 0.1) is 5.54 Å². The quantitative estimate of drug-likeness (QED) is 0.851. The van der Waals surface area contributed by atoms with Crippen LogP contribution in [0, 0.1) is 0 Å². The minimum atomic E-state index is -0.244. The maximum atomic E-state index is 5.83. The molecule has 0 unspecified atom stereocenters. The Bertz CT molecular complexity index is 468. The molecule has 0 aliphatic rings. The van der Waals surface area contributed by atoms with Crippen molar-refractivity contribution >= 4 is 28.8 Å². The Morgan fingerprint density at radius 2 is 2.19 bits per heavy atom. The first-order valence-corrected chi connectivity index (χ1v) is 6.14. The molecule has 2 aromatic rings. The Labute approximate surface area is 104 Å². The topological polar surface area (TPSA) is 37.8 Å². The SMILES string of the molecule is CC(C)(Nc1cccc(Cl)n1)c1nccs1. The second-order valence-corrected chi connectivity index (χ2v) is 5.21. The summed E-state index contributed by atoms with van der Waals surface area (Å²) in [5, 5.41) is 6.78. The molecule has 0 radical (unpaired) electrons. The predicted molar refractivity (Wildman–Crippen MR) is 68.0 cm³/mol. The molecule has 16 heavy (non-hydrogen) atoms. The zero-order valence-corrected chi connectivity index (χ0v) is 10.6. The molecule has 0 spiro atoms. The van der Waals surface area contributed by atoms with Crippen LogP contribution in [0.1, 0.15) is 18.9 Å². The highest BCUT2D eigenvalue weighted by atomic mass is 35.5. The molecule has 0 aliphatic heterocycles. The maximum absolute atomic E-state index is 5.83. The number of rotatable bonds is 3. The summed E-state index contributed by atoms with van der Waals surface area (Å²) < 4.78 is 0. The van der Waals surface area contributed by atoms with Crippen LogP contribution in [0.3, 0.4) is 0 Å². The van der Waals surface area contributed by atoms with Crippen molar-refractivity contribution in [2.45, 2.75) is 19.4 Å². The van der Waals surface area contributed by atoms with Gasteiger partial charge in [0.1, 0.15) is 16.0 Å². The molecule has 0 atom stereocenters. The normalized spacial score (nSPS) is 11.4. The van der Waals surface area contributed by atoms with Crippen LogP contribution in [0.25, 0.3) is 0 Å². The molecule has 0 aromatic carbocycles. The van der Waals surface area contributed by atoms with Gasteiger partial charge in [-0.05, 0) is 26.0 Å². The van der Waals surface area contributed by atoms with Gasteiger partial charge in [0.2, 0.25) is 0 Å². The van der Waals surface area contributed by atoms with Crippen molar-refractivity contribution in [3.8, 4) is 0 Å². The van der Waals surface area contributed by atoms with Gasteiger partial charge in [-0.25, -0.2) is 9.97 Å². The van der Waals surface area contributed by atoms with Crippen LogP contribution >= 0.6 is 22.9 Å². The second kappa shape index (κ2) is 4.39. The van der Waals surface area contributed by atoms with Crippen molar-refractivity contribution < 1.29 is 0 Å². The van der Waals surface area contributed by atoms with Crippen LogP contribution in [-0.2, 0) is 5.54 Å². The second-order valence-electron chi connectivity index (χ2n) is 3.93. The third-order valence-electron chi connectivity index (χ3n) is 2.12. The highest BCUT2D eigenvalue weighted by molar-refractivity contribution is 7.09. The lowest BCUT2D eigenvalue weighted by Crippen LogP contribution is -2.28. The van der Waals surface area contributed by atoms with Crippen molar-refractivity contribution in [3.63, 3.8) is 0 Å². The van der Waals surface area contributed by atoms with E-state index in [1.54, 1.807) is 23.6 Å². The first kappa shape index (κ1) is 11.4. The molecule has 0 fully saturated rings. The van der Waals surface area contributed by atoms with E-state index in [0.29, 0.717) is 5.15 Å². The lowest BCUT2D eigenvalue weighted by molar-refractivity contribution is 0.601. The molecular weight excluding hydrogens is 242 g/mol. The largest absolute Gasteiger partial charge is 0.359 e. The average Bonchev–Trinajstić information content (AvgIpc) is 2.69. The van der Waals surface area contributed by atoms with Crippen molar-refractivity contribution in [2.75, 3.05) is 5.32 Å². The third-order valence-corrected chi connectivity index (χ3v) is 3.43. The van der Waals surface area contributed by atoms with E-state index in [-0.39, 0.29) is 5.54 Å². The van der Waals surface area contributed by atoms with Crippen LogP contribution in [0.2, 0.25) is 5.15 Å². The molecular formula is C11H12ClN3S. The first-order valence-electron chi connectivity index (χ1n) is 4.89. The fraction of sp³-hybridized carbons (Fsp3) is 0.273. The number of nitrogens with zero attached hydrogens (tertiary/aromatic N) is 2. The minimum Gasteiger partial charge on any atom is -0.359 e. The summed E-state index contributed by atoms with van der Waals surface area (Å²) in [7, 11) is 0. The van der Waals surface area contributed by atoms with Gasteiger partial charge in [0.15, 0.2) is 0 Å². The van der Waals surface area contributed by atoms with Crippen LogP contribution < -0.4 is 5.32 Å². The number of hydrogen-bond donors (Lipinski definition) is 1.